The van der Waals surface area contributed by atoms with E-state index in [1.165, 1.54) is 19.3 Å². The van der Waals surface area contributed by atoms with Crippen molar-refractivity contribution in [3.8, 4) is 5.88 Å². The monoisotopic (exact) mass is 467 g/mol. The van der Waals surface area contributed by atoms with Gasteiger partial charge in [0.2, 0.25) is 5.88 Å². The summed E-state index contributed by atoms with van der Waals surface area (Å²) in [7, 11) is 2.82. The minimum Gasteiger partial charge on any atom is -0.473 e. The van der Waals surface area contributed by atoms with E-state index in [2.05, 4.69) is 26.0 Å². The molecule has 34 heavy (non-hydrogen) atoms. The average molecular weight is 468 g/mol. The topological polar surface area (TPSA) is 126 Å². The number of aliphatic hydroxyl groups is 1. The molecule has 1 amide bonds. The lowest BCUT2D eigenvalue weighted by atomic mass is 9.93. The number of nitrogens with one attached hydrogen (secondary N) is 3. The number of nitrogens with zero attached hydrogens (tertiary/aromatic N) is 4. The van der Waals surface area contributed by atoms with Crippen LogP contribution in [-0.2, 0) is 0 Å². The van der Waals surface area contributed by atoms with E-state index >= 15 is 0 Å². The van der Waals surface area contributed by atoms with Gasteiger partial charge in [-0.2, -0.15) is 9.61 Å². The SMILES string of the molecule is CNc1cc(Nc2cccnc2OC2CCCCC2)nc2c(C(=O)NC3CCC3)cnn12.CO. The Morgan fingerprint density at radius 2 is 1.94 bits per heavy atom. The zero-order valence-corrected chi connectivity index (χ0v) is 19.8. The molecule has 10 heteroatoms. The molecular weight excluding hydrogens is 434 g/mol. The number of amides is 1. The van der Waals surface area contributed by atoms with Crippen molar-refractivity contribution in [1.82, 2.24) is 24.9 Å². The van der Waals surface area contributed by atoms with Crippen molar-refractivity contribution < 1.29 is 14.6 Å². The zero-order valence-electron chi connectivity index (χ0n) is 19.8. The molecule has 10 nitrogen and oxygen atoms in total. The minimum atomic E-state index is -0.140. The number of hydrogen-bond donors (Lipinski definition) is 4. The summed E-state index contributed by atoms with van der Waals surface area (Å²) < 4.78 is 7.86. The standard InChI is InChI=1S/C23H29N7O2.CH4O/c1-24-20-13-19(28-18-11-6-12-25-23(18)32-16-9-3-2-4-10-16)29-21-17(14-26-30(20)21)22(31)27-15-7-5-8-15;1-2/h6,11-16,24H,2-5,7-10H2,1H3,(H,27,31)(H,28,29);2H,1H3. The summed E-state index contributed by atoms with van der Waals surface area (Å²) in [5.41, 5.74) is 1.70. The lowest BCUT2D eigenvalue weighted by Crippen LogP contribution is -2.39. The molecule has 0 aromatic carbocycles. The average Bonchev–Trinajstić information content (AvgIpc) is 3.28. The third kappa shape index (κ3) is 5.22. The minimum absolute atomic E-state index is 0.140. The number of ether oxygens (including phenoxy) is 1. The maximum Gasteiger partial charge on any atom is 0.256 e. The Hall–Kier alpha value is -3.40. The van der Waals surface area contributed by atoms with Crippen LogP contribution in [0, 0.1) is 0 Å². The third-order valence-electron chi connectivity index (χ3n) is 6.28. The van der Waals surface area contributed by atoms with Gasteiger partial charge in [-0.05, 0) is 57.1 Å². The van der Waals surface area contributed by atoms with Gasteiger partial charge in [-0.15, -0.1) is 0 Å². The number of aliphatic hydroxyl groups excluding tert-OH is 1. The van der Waals surface area contributed by atoms with Gasteiger partial charge in [-0.1, -0.05) is 6.42 Å². The molecule has 0 aliphatic heterocycles. The molecule has 2 saturated carbocycles. The highest BCUT2D eigenvalue weighted by Gasteiger charge is 2.24. The summed E-state index contributed by atoms with van der Waals surface area (Å²) in [5, 5.41) is 20.9. The van der Waals surface area contributed by atoms with Crippen molar-refractivity contribution in [3.63, 3.8) is 0 Å². The van der Waals surface area contributed by atoms with E-state index < -0.39 is 0 Å². The molecule has 2 aliphatic carbocycles. The van der Waals surface area contributed by atoms with E-state index in [1.54, 1.807) is 16.9 Å². The molecule has 182 valence electrons. The molecule has 0 spiro atoms. The number of carbonyl (C=O) groups is 1. The smallest absolute Gasteiger partial charge is 0.256 e. The fourth-order valence-corrected chi connectivity index (χ4v) is 4.24. The van der Waals surface area contributed by atoms with Gasteiger partial charge in [0.25, 0.3) is 5.91 Å². The zero-order chi connectivity index (χ0) is 23.9. The number of pyridine rings is 1. The van der Waals surface area contributed by atoms with E-state index in [0.29, 0.717) is 22.9 Å². The van der Waals surface area contributed by atoms with Crippen LogP contribution < -0.4 is 20.7 Å². The fourth-order valence-electron chi connectivity index (χ4n) is 4.24. The molecule has 2 aliphatic rings. The molecule has 0 atom stereocenters. The highest BCUT2D eigenvalue weighted by molar-refractivity contribution is 6.00. The van der Waals surface area contributed by atoms with Crippen LogP contribution in [0.15, 0.2) is 30.6 Å². The molecule has 2 fully saturated rings. The summed E-state index contributed by atoms with van der Waals surface area (Å²) in [4.78, 5) is 21.9. The molecule has 0 unspecified atom stereocenters. The quantitative estimate of drug-likeness (QED) is 0.416. The summed E-state index contributed by atoms with van der Waals surface area (Å²) in [6.45, 7) is 0. The van der Waals surface area contributed by atoms with E-state index in [-0.39, 0.29) is 18.1 Å². The molecule has 0 saturated heterocycles. The second kappa shape index (κ2) is 11.1. The lowest BCUT2D eigenvalue weighted by molar-refractivity contribution is 0.0918. The summed E-state index contributed by atoms with van der Waals surface area (Å²) in [6, 6.07) is 5.89. The number of fused-ring (bicyclic) bond motifs is 1. The number of hydrogen-bond acceptors (Lipinski definition) is 8. The number of aromatic nitrogens is 4. The molecule has 0 bridgehead atoms. The van der Waals surface area contributed by atoms with Crippen molar-refractivity contribution in [2.75, 3.05) is 24.8 Å². The predicted molar refractivity (Wildman–Crippen MR) is 131 cm³/mol. The maximum atomic E-state index is 12.8. The van der Waals surface area contributed by atoms with Crippen LogP contribution in [0.5, 0.6) is 5.88 Å². The Kier molecular flexibility index (Phi) is 7.79. The number of rotatable bonds is 7. The first-order valence-electron chi connectivity index (χ1n) is 11.9. The van der Waals surface area contributed by atoms with Gasteiger partial charge in [0, 0.05) is 32.5 Å². The van der Waals surface area contributed by atoms with Crippen molar-refractivity contribution >= 4 is 28.9 Å². The third-order valence-corrected chi connectivity index (χ3v) is 6.28. The first kappa shape index (κ1) is 23.7. The van der Waals surface area contributed by atoms with Crippen LogP contribution in [0.2, 0.25) is 0 Å². The first-order valence-corrected chi connectivity index (χ1v) is 11.9. The maximum absolute atomic E-state index is 12.8. The summed E-state index contributed by atoms with van der Waals surface area (Å²) >= 11 is 0. The first-order chi connectivity index (χ1) is 16.7. The van der Waals surface area contributed by atoms with Crippen molar-refractivity contribution in [2.45, 2.75) is 63.5 Å². The molecule has 0 radical (unpaired) electrons. The molecule has 3 aromatic rings. The highest BCUT2D eigenvalue weighted by Crippen LogP contribution is 2.30. The number of carbonyl (C=O) groups excluding carboxylic acids is 1. The molecule has 3 aromatic heterocycles. The lowest BCUT2D eigenvalue weighted by Gasteiger charge is -2.26. The highest BCUT2D eigenvalue weighted by atomic mass is 16.5. The Labute approximate surface area is 199 Å². The predicted octanol–water partition coefficient (Wildman–Crippen LogP) is 3.51. The van der Waals surface area contributed by atoms with Crippen molar-refractivity contribution in [2.24, 2.45) is 0 Å². The second-order valence-corrected chi connectivity index (χ2v) is 8.53. The molecule has 4 N–H and O–H groups in total. The Bertz CT molecular complexity index is 1110. The van der Waals surface area contributed by atoms with Gasteiger partial charge < -0.3 is 25.8 Å². The molecule has 3 heterocycles. The van der Waals surface area contributed by atoms with Crippen LogP contribution in [0.3, 0.4) is 0 Å². The van der Waals surface area contributed by atoms with Crippen LogP contribution in [0.25, 0.3) is 5.65 Å². The van der Waals surface area contributed by atoms with Crippen LogP contribution in [0.4, 0.5) is 17.3 Å². The molecular formula is C24H33N7O3. The van der Waals surface area contributed by atoms with E-state index in [0.717, 1.165) is 50.7 Å². The van der Waals surface area contributed by atoms with Crippen molar-refractivity contribution in [1.29, 1.82) is 0 Å². The Balaban J connectivity index is 0.00000133. The number of anilines is 3. The fraction of sp³-hybridized carbons (Fsp3) is 0.500. The Morgan fingerprint density at radius 3 is 2.65 bits per heavy atom. The second-order valence-electron chi connectivity index (χ2n) is 8.53. The van der Waals surface area contributed by atoms with Crippen molar-refractivity contribution in [3.05, 3.63) is 36.2 Å². The van der Waals surface area contributed by atoms with Gasteiger partial charge in [-0.3, -0.25) is 4.79 Å². The summed E-state index contributed by atoms with van der Waals surface area (Å²) in [5.74, 6) is 1.74. The van der Waals surface area contributed by atoms with Crippen LogP contribution >= 0.6 is 0 Å². The largest absolute Gasteiger partial charge is 0.473 e. The van der Waals surface area contributed by atoms with E-state index in [4.69, 9.17) is 14.8 Å². The molecule has 5 rings (SSSR count). The van der Waals surface area contributed by atoms with E-state index in [1.807, 2.05) is 25.2 Å². The summed E-state index contributed by atoms with van der Waals surface area (Å²) in [6.07, 6.45) is 12.5. The van der Waals surface area contributed by atoms with Gasteiger partial charge >= 0.3 is 0 Å². The van der Waals surface area contributed by atoms with Gasteiger partial charge in [-0.25, -0.2) is 9.97 Å². The van der Waals surface area contributed by atoms with Crippen LogP contribution in [0.1, 0.15) is 61.7 Å². The Morgan fingerprint density at radius 1 is 1.15 bits per heavy atom. The van der Waals surface area contributed by atoms with Gasteiger partial charge in [0.05, 0.1) is 6.20 Å². The van der Waals surface area contributed by atoms with E-state index in [9.17, 15) is 4.79 Å². The normalized spacial score (nSPS) is 16.2. The van der Waals surface area contributed by atoms with Crippen LogP contribution in [-0.4, -0.2) is 56.9 Å². The van der Waals surface area contributed by atoms with Gasteiger partial charge in [0.15, 0.2) is 5.65 Å². The van der Waals surface area contributed by atoms with Gasteiger partial charge in [0.1, 0.15) is 29.0 Å².